The highest BCUT2D eigenvalue weighted by atomic mass is 35.5. The second-order valence-electron chi connectivity index (χ2n) is 5.65. The van der Waals surface area contributed by atoms with Gasteiger partial charge >= 0.3 is 0 Å². The van der Waals surface area contributed by atoms with Gasteiger partial charge in [0, 0.05) is 29.4 Å². The van der Waals surface area contributed by atoms with Gasteiger partial charge in [-0.3, -0.25) is 9.78 Å². The zero-order chi connectivity index (χ0) is 16.3. The third kappa shape index (κ3) is 3.54. The summed E-state index contributed by atoms with van der Waals surface area (Å²) in [4.78, 5) is 15.3. The summed E-state index contributed by atoms with van der Waals surface area (Å²) in [6.07, 6.45) is 3.00. The van der Waals surface area contributed by atoms with Crippen LogP contribution < -0.4 is 11.1 Å². The zero-order valence-electron chi connectivity index (χ0n) is 12.4. The number of carbonyl (C=O) groups is 1. The third-order valence-corrected chi connectivity index (χ3v) is 3.78. The van der Waals surface area contributed by atoms with Crippen LogP contribution in [0.25, 0.3) is 0 Å². The molecule has 1 aromatic heterocycles. The van der Waals surface area contributed by atoms with Crippen LogP contribution in [0.15, 0.2) is 36.7 Å². The molecule has 0 unspecified atom stereocenters. The maximum absolute atomic E-state index is 13.2. The van der Waals surface area contributed by atoms with E-state index < -0.39 is 5.91 Å². The standard InChI is InChI=1S/C16H17ClFN3O/c1-16(2,12-4-3-10(18)7-13(12)17)9-21-14-5-6-20-8-11(14)15(19)22/h3-8H,9H2,1-2H3,(H2,19,22)(H,20,21). The van der Waals surface area contributed by atoms with Crippen molar-refractivity contribution < 1.29 is 9.18 Å². The Morgan fingerprint density at radius 2 is 2.14 bits per heavy atom. The van der Waals surface area contributed by atoms with Crippen molar-refractivity contribution in [2.45, 2.75) is 19.3 Å². The molecule has 6 heteroatoms. The van der Waals surface area contributed by atoms with Crippen LogP contribution in [-0.4, -0.2) is 17.4 Å². The Hall–Kier alpha value is -2.14. The summed E-state index contributed by atoms with van der Waals surface area (Å²) in [5.41, 5.74) is 6.70. The maximum Gasteiger partial charge on any atom is 0.252 e. The van der Waals surface area contributed by atoms with Gasteiger partial charge in [-0.25, -0.2) is 4.39 Å². The second kappa shape index (κ2) is 6.32. The molecule has 0 aliphatic carbocycles. The lowest BCUT2D eigenvalue weighted by Gasteiger charge is -2.27. The highest BCUT2D eigenvalue weighted by Crippen LogP contribution is 2.31. The van der Waals surface area contributed by atoms with Crippen molar-refractivity contribution in [3.05, 3.63) is 58.6 Å². The number of rotatable bonds is 5. The molecule has 0 aliphatic heterocycles. The maximum atomic E-state index is 13.2. The van der Waals surface area contributed by atoms with E-state index in [2.05, 4.69) is 10.3 Å². The molecule has 0 fully saturated rings. The predicted octanol–water partition coefficient (Wildman–Crippen LogP) is 3.36. The van der Waals surface area contributed by atoms with Crippen molar-refractivity contribution in [2.75, 3.05) is 11.9 Å². The molecular weight excluding hydrogens is 305 g/mol. The number of nitrogens with two attached hydrogens (primary N) is 1. The first-order valence-electron chi connectivity index (χ1n) is 6.74. The van der Waals surface area contributed by atoms with Crippen LogP contribution in [0, 0.1) is 5.82 Å². The lowest BCUT2D eigenvalue weighted by Crippen LogP contribution is -2.29. The number of pyridine rings is 1. The average molecular weight is 322 g/mol. The van der Waals surface area contributed by atoms with Crippen molar-refractivity contribution in [1.29, 1.82) is 0 Å². The Bertz CT molecular complexity index is 704. The van der Waals surface area contributed by atoms with Gasteiger partial charge in [0.15, 0.2) is 0 Å². The SMILES string of the molecule is CC(C)(CNc1ccncc1C(N)=O)c1ccc(F)cc1Cl. The molecule has 0 saturated heterocycles. The molecule has 1 aromatic carbocycles. The fourth-order valence-electron chi connectivity index (χ4n) is 2.19. The van der Waals surface area contributed by atoms with Crippen LogP contribution in [0.3, 0.4) is 0 Å². The number of carbonyl (C=O) groups excluding carboxylic acids is 1. The number of amides is 1. The molecule has 0 atom stereocenters. The van der Waals surface area contributed by atoms with E-state index in [9.17, 15) is 9.18 Å². The molecule has 0 radical (unpaired) electrons. The second-order valence-corrected chi connectivity index (χ2v) is 6.05. The Balaban J connectivity index is 2.21. The zero-order valence-corrected chi connectivity index (χ0v) is 13.1. The van der Waals surface area contributed by atoms with E-state index in [0.29, 0.717) is 22.8 Å². The number of hydrogen-bond donors (Lipinski definition) is 2. The molecule has 2 rings (SSSR count). The van der Waals surface area contributed by atoms with E-state index in [4.69, 9.17) is 17.3 Å². The molecule has 0 spiro atoms. The minimum Gasteiger partial charge on any atom is -0.383 e. The van der Waals surface area contributed by atoms with Crippen LogP contribution in [-0.2, 0) is 5.41 Å². The van der Waals surface area contributed by atoms with Crippen molar-refractivity contribution in [3.8, 4) is 0 Å². The lowest BCUT2D eigenvalue weighted by atomic mass is 9.84. The van der Waals surface area contributed by atoms with Crippen LogP contribution in [0.2, 0.25) is 5.02 Å². The molecule has 1 heterocycles. The summed E-state index contributed by atoms with van der Waals surface area (Å²) in [5.74, 6) is -0.920. The van der Waals surface area contributed by atoms with Gasteiger partial charge in [0.2, 0.25) is 0 Å². The van der Waals surface area contributed by atoms with E-state index in [-0.39, 0.29) is 11.2 Å². The Kier molecular flexibility index (Phi) is 4.66. The first-order valence-corrected chi connectivity index (χ1v) is 7.12. The summed E-state index contributed by atoms with van der Waals surface area (Å²) in [7, 11) is 0. The van der Waals surface area contributed by atoms with Gasteiger partial charge in [0.25, 0.3) is 5.91 Å². The summed E-state index contributed by atoms with van der Waals surface area (Å²) in [6, 6.07) is 6.02. The number of hydrogen-bond acceptors (Lipinski definition) is 3. The first kappa shape index (κ1) is 16.2. The molecule has 22 heavy (non-hydrogen) atoms. The van der Waals surface area contributed by atoms with E-state index in [1.165, 1.54) is 18.3 Å². The van der Waals surface area contributed by atoms with E-state index in [1.54, 1.807) is 18.3 Å². The fourth-order valence-corrected chi connectivity index (χ4v) is 2.62. The number of benzene rings is 1. The number of primary amides is 1. The van der Waals surface area contributed by atoms with E-state index in [0.717, 1.165) is 5.56 Å². The molecule has 0 saturated carbocycles. The van der Waals surface area contributed by atoms with Gasteiger partial charge in [0.05, 0.1) is 11.3 Å². The minimum atomic E-state index is -0.548. The van der Waals surface area contributed by atoms with Gasteiger partial charge in [-0.1, -0.05) is 31.5 Å². The number of nitrogens with one attached hydrogen (secondary N) is 1. The van der Waals surface area contributed by atoms with E-state index >= 15 is 0 Å². The summed E-state index contributed by atoms with van der Waals surface area (Å²) in [5, 5.41) is 3.55. The number of anilines is 1. The topological polar surface area (TPSA) is 68.0 Å². The van der Waals surface area contributed by atoms with Crippen molar-refractivity contribution in [1.82, 2.24) is 4.98 Å². The number of nitrogens with zero attached hydrogens (tertiary/aromatic N) is 1. The van der Waals surface area contributed by atoms with Crippen molar-refractivity contribution in [2.24, 2.45) is 5.73 Å². The highest BCUT2D eigenvalue weighted by Gasteiger charge is 2.24. The fraction of sp³-hybridized carbons (Fsp3) is 0.250. The number of halogens is 2. The van der Waals surface area contributed by atoms with Gasteiger partial charge in [-0.15, -0.1) is 0 Å². The Labute approximate surface area is 133 Å². The normalized spacial score (nSPS) is 11.3. The number of aromatic nitrogens is 1. The smallest absolute Gasteiger partial charge is 0.252 e. The molecule has 4 nitrogen and oxygen atoms in total. The monoisotopic (exact) mass is 321 g/mol. The van der Waals surface area contributed by atoms with Gasteiger partial charge in [0.1, 0.15) is 5.82 Å². The van der Waals surface area contributed by atoms with Crippen LogP contribution in [0.1, 0.15) is 29.8 Å². The molecule has 0 aliphatic rings. The average Bonchev–Trinajstić information content (AvgIpc) is 2.45. The molecule has 2 aromatic rings. The summed E-state index contributed by atoms with van der Waals surface area (Å²) in [6.45, 7) is 4.44. The third-order valence-electron chi connectivity index (χ3n) is 3.47. The Morgan fingerprint density at radius 3 is 2.77 bits per heavy atom. The molecule has 0 bridgehead atoms. The quantitative estimate of drug-likeness (QED) is 0.887. The van der Waals surface area contributed by atoms with Crippen LogP contribution in [0.5, 0.6) is 0 Å². The molecule has 1 amide bonds. The first-order chi connectivity index (χ1) is 10.3. The van der Waals surface area contributed by atoms with Gasteiger partial charge < -0.3 is 11.1 Å². The highest BCUT2D eigenvalue weighted by molar-refractivity contribution is 6.31. The summed E-state index contributed by atoms with van der Waals surface area (Å²) >= 11 is 6.13. The Morgan fingerprint density at radius 1 is 1.41 bits per heavy atom. The minimum absolute atomic E-state index is 0.323. The largest absolute Gasteiger partial charge is 0.383 e. The molecule has 116 valence electrons. The molecular formula is C16H17ClFN3O. The lowest BCUT2D eigenvalue weighted by molar-refractivity contribution is 0.100. The van der Waals surface area contributed by atoms with Crippen LogP contribution >= 0.6 is 11.6 Å². The van der Waals surface area contributed by atoms with Crippen LogP contribution in [0.4, 0.5) is 10.1 Å². The van der Waals surface area contributed by atoms with E-state index in [1.807, 2.05) is 13.8 Å². The van der Waals surface area contributed by atoms with Gasteiger partial charge in [-0.2, -0.15) is 0 Å². The summed E-state index contributed by atoms with van der Waals surface area (Å²) < 4.78 is 13.2. The molecule has 3 N–H and O–H groups in total. The van der Waals surface area contributed by atoms with Crippen molar-refractivity contribution >= 4 is 23.2 Å². The van der Waals surface area contributed by atoms with Crippen molar-refractivity contribution in [3.63, 3.8) is 0 Å². The predicted molar refractivity (Wildman–Crippen MR) is 85.7 cm³/mol. The van der Waals surface area contributed by atoms with Gasteiger partial charge in [-0.05, 0) is 23.8 Å².